The fourth-order valence-electron chi connectivity index (χ4n) is 0.753. The Morgan fingerprint density at radius 2 is 2.00 bits per heavy atom. The average molecular weight is 192 g/mol. The molecule has 0 rings (SSSR count). The highest BCUT2D eigenvalue weighted by Gasteiger charge is 2.28. The van der Waals surface area contributed by atoms with Gasteiger partial charge in [-0.1, -0.05) is 0 Å². The molecule has 0 saturated heterocycles. The van der Waals surface area contributed by atoms with Gasteiger partial charge >= 0.3 is 5.97 Å². The minimum atomic E-state index is -1.49. The molecule has 0 spiro atoms. The van der Waals surface area contributed by atoms with E-state index in [1.165, 1.54) is 13.2 Å². The summed E-state index contributed by atoms with van der Waals surface area (Å²) < 4.78 is 15.5. The number of carbonyl (C=O) groups is 2. The molecule has 0 fully saturated rings. The number of rotatable bonds is 4. The number of ether oxygens (including phenoxy) is 1. The van der Waals surface area contributed by atoms with Gasteiger partial charge in [-0.3, -0.25) is 13.8 Å². The highest BCUT2D eigenvalue weighted by atomic mass is 32.2. The first-order chi connectivity index (χ1) is 5.50. The first kappa shape index (κ1) is 11.3. The van der Waals surface area contributed by atoms with E-state index >= 15 is 0 Å². The molecule has 0 heterocycles. The Hall–Kier alpha value is -0.710. The normalized spacial score (nSPS) is 14.9. The minimum Gasteiger partial charge on any atom is -0.465 e. The van der Waals surface area contributed by atoms with Crippen molar-refractivity contribution in [3.05, 3.63) is 0 Å². The van der Waals surface area contributed by atoms with Gasteiger partial charge in [-0.15, -0.1) is 0 Å². The predicted molar refractivity (Wildman–Crippen MR) is 45.2 cm³/mol. The third-order valence-electron chi connectivity index (χ3n) is 1.20. The fourth-order valence-corrected chi connectivity index (χ4v) is 1.56. The first-order valence-corrected chi connectivity index (χ1v) is 5.12. The monoisotopic (exact) mass is 192 g/mol. The number of hydrogen-bond donors (Lipinski definition) is 0. The molecular weight excluding hydrogens is 180 g/mol. The Kier molecular flexibility index (Phi) is 4.73. The van der Waals surface area contributed by atoms with Crippen LogP contribution in [0.4, 0.5) is 0 Å². The maximum Gasteiger partial charge on any atom is 0.329 e. The molecule has 0 saturated carbocycles. The summed E-state index contributed by atoms with van der Waals surface area (Å²) in [5, 5.41) is -1.12. The van der Waals surface area contributed by atoms with Crippen molar-refractivity contribution in [1.29, 1.82) is 0 Å². The Balaban J connectivity index is 4.41. The second-order valence-corrected chi connectivity index (χ2v) is 3.71. The lowest BCUT2D eigenvalue weighted by atomic mass is 10.3. The molecule has 0 aliphatic carbocycles. The van der Waals surface area contributed by atoms with E-state index < -0.39 is 27.8 Å². The molecule has 4 nitrogen and oxygen atoms in total. The van der Waals surface area contributed by atoms with E-state index in [2.05, 4.69) is 4.74 Å². The third-order valence-corrected chi connectivity index (χ3v) is 2.39. The molecule has 70 valence electrons. The zero-order valence-electron chi connectivity index (χ0n) is 7.33. The van der Waals surface area contributed by atoms with Gasteiger partial charge in [0.2, 0.25) is 0 Å². The Bertz CT molecular complexity index is 197. The topological polar surface area (TPSA) is 60.4 Å². The number of esters is 1. The molecule has 0 aliphatic heterocycles. The first-order valence-electron chi connectivity index (χ1n) is 3.50. The van der Waals surface area contributed by atoms with Gasteiger partial charge in [0, 0.05) is 17.1 Å². The Morgan fingerprint density at radius 3 is 2.25 bits per heavy atom. The molecule has 0 aromatic carbocycles. The van der Waals surface area contributed by atoms with Crippen LogP contribution in [0.5, 0.6) is 0 Å². The standard InChI is InChI=1S/C7H12O4S/c1-4-11-7(9)6(5(2)8)12(3)10/h6H,4H2,1-3H3. The summed E-state index contributed by atoms with van der Waals surface area (Å²) in [4.78, 5) is 21.8. The van der Waals surface area contributed by atoms with Gasteiger partial charge in [0.15, 0.2) is 11.0 Å². The summed E-state index contributed by atoms with van der Waals surface area (Å²) in [7, 11) is -1.49. The molecule has 5 heteroatoms. The van der Waals surface area contributed by atoms with Crippen molar-refractivity contribution in [3.8, 4) is 0 Å². The van der Waals surface area contributed by atoms with Crippen molar-refractivity contribution >= 4 is 22.6 Å². The highest BCUT2D eigenvalue weighted by Crippen LogP contribution is 1.99. The van der Waals surface area contributed by atoms with Crippen LogP contribution in [0, 0.1) is 0 Å². The van der Waals surface area contributed by atoms with Gasteiger partial charge in [-0.05, 0) is 13.8 Å². The van der Waals surface area contributed by atoms with Gasteiger partial charge in [0.05, 0.1) is 6.61 Å². The lowest BCUT2D eigenvalue weighted by Crippen LogP contribution is -2.33. The molecule has 0 bridgehead atoms. The summed E-state index contributed by atoms with van der Waals surface area (Å²) >= 11 is 0. The van der Waals surface area contributed by atoms with Crippen molar-refractivity contribution < 1.29 is 18.5 Å². The van der Waals surface area contributed by atoms with E-state index in [0.29, 0.717) is 0 Å². The van der Waals surface area contributed by atoms with E-state index in [0.717, 1.165) is 0 Å². The van der Waals surface area contributed by atoms with E-state index in [1.807, 2.05) is 0 Å². The zero-order chi connectivity index (χ0) is 9.72. The molecule has 12 heavy (non-hydrogen) atoms. The SMILES string of the molecule is CCOC(=O)C(C(C)=O)S(C)=O. The zero-order valence-corrected chi connectivity index (χ0v) is 8.14. The quantitative estimate of drug-likeness (QED) is 0.460. The van der Waals surface area contributed by atoms with Crippen LogP contribution < -0.4 is 0 Å². The molecule has 0 N–H and O–H groups in total. The van der Waals surface area contributed by atoms with E-state index in [4.69, 9.17) is 0 Å². The second kappa shape index (κ2) is 5.03. The van der Waals surface area contributed by atoms with Crippen LogP contribution in [0.2, 0.25) is 0 Å². The van der Waals surface area contributed by atoms with Crippen LogP contribution in [-0.2, 0) is 25.1 Å². The summed E-state index contributed by atoms with van der Waals surface area (Å²) in [6.07, 6.45) is 1.31. The summed E-state index contributed by atoms with van der Waals surface area (Å²) in [5.74, 6) is -1.12. The summed E-state index contributed by atoms with van der Waals surface area (Å²) in [6.45, 7) is 3.05. The van der Waals surface area contributed by atoms with Crippen molar-refractivity contribution in [2.45, 2.75) is 19.1 Å². The third kappa shape index (κ3) is 3.13. The lowest BCUT2D eigenvalue weighted by molar-refractivity contribution is -0.144. The molecule has 0 aromatic heterocycles. The van der Waals surface area contributed by atoms with Crippen LogP contribution in [-0.4, -0.2) is 34.1 Å². The minimum absolute atomic E-state index is 0.194. The van der Waals surface area contributed by atoms with Crippen LogP contribution >= 0.6 is 0 Å². The van der Waals surface area contributed by atoms with Gasteiger partial charge in [0.1, 0.15) is 0 Å². The molecular formula is C7H12O4S. The number of carbonyl (C=O) groups excluding carboxylic acids is 2. The number of ketones is 1. The van der Waals surface area contributed by atoms with Gasteiger partial charge in [-0.2, -0.15) is 0 Å². The van der Waals surface area contributed by atoms with Crippen LogP contribution in [0.1, 0.15) is 13.8 Å². The number of hydrogen-bond acceptors (Lipinski definition) is 4. The van der Waals surface area contributed by atoms with Crippen LogP contribution in [0.15, 0.2) is 0 Å². The maximum absolute atomic E-state index is 11.0. The summed E-state index contributed by atoms with van der Waals surface area (Å²) in [6, 6.07) is 0. The number of Topliss-reactive ketones (excluding diaryl/α,β-unsaturated/α-hetero) is 1. The van der Waals surface area contributed by atoms with Crippen molar-refractivity contribution in [1.82, 2.24) is 0 Å². The van der Waals surface area contributed by atoms with E-state index in [9.17, 15) is 13.8 Å². The molecule has 0 aliphatic rings. The fraction of sp³-hybridized carbons (Fsp3) is 0.714. The molecule has 0 aromatic rings. The highest BCUT2D eigenvalue weighted by molar-refractivity contribution is 7.86. The van der Waals surface area contributed by atoms with Gasteiger partial charge < -0.3 is 4.74 Å². The van der Waals surface area contributed by atoms with Crippen LogP contribution in [0.3, 0.4) is 0 Å². The second-order valence-electron chi connectivity index (χ2n) is 2.24. The Labute approximate surface area is 73.7 Å². The average Bonchev–Trinajstić information content (AvgIpc) is 1.85. The Morgan fingerprint density at radius 1 is 1.50 bits per heavy atom. The molecule has 0 amide bonds. The van der Waals surface area contributed by atoms with Crippen molar-refractivity contribution in [2.75, 3.05) is 12.9 Å². The van der Waals surface area contributed by atoms with Crippen molar-refractivity contribution in [2.24, 2.45) is 0 Å². The van der Waals surface area contributed by atoms with Gasteiger partial charge in [-0.25, -0.2) is 0 Å². The lowest BCUT2D eigenvalue weighted by Gasteiger charge is -2.08. The molecule has 2 atom stereocenters. The van der Waals surface area contributed by atoms with E-state index in [1.54, 1.807) is 6.92 Å². The maximum atomic E-state index is 11.0. The largest absolute Gasteiger partial charge is 0.465 e. The van der Waals surface area contributed by atoms with E-state index in [-0.39, 0.29) is 6.61 Å². The predicted octanol–water partition coefficient (Wildman–Crippen LogP) is -0.114. The van der Waals surface area contributed by atoms with Crippen molar-refractivity contribution in [3.63, 3.8) is 0 Å². The molecule has 0 radical (unpaired) electrons. The van der Waals surface area contributed by atoms with Crippen LogP contribution in [0.25, 0.3) is 0 Å². The van der Waals surface area contributed by atoms with Gasteiger partial charge in [0.25, 0.3) is 0 Å². The smallest absolute Gasteiger partial charge is 0.329 e. The molecule has 2 unspecified atom stereocenters. The summed E-state index contributed by atoms with van der Waals surface area (Å²) in [5.41, 5.74) is 0.